The van der Waals surface area contributed by atoms with Gasteiger partial charge in [0.25, 0.3) is 0 Å². The van der Waals surface area contributed by atoms with E-state index in [9.17, 15) is 9.90 Å². The minimum Gasteiger partial charge on any atom is -0.508 e. The van der Waals surface area contributed by atoms with Crippen LogP contribution < -0.4 is 14.9 Å². The van der Waals surface area contributed by atoms with Crippen molar-refractivity contribution in [3.63, 3.8) is 0 Å². The Morgan fingerprint density at radius 3 is 2.48 bits per heavy atom. The number of ether oxygens (including phenoxy) is 3. The van der Waals surface area contributed by atoms with Crippen molar-refractivity contribution in [3.8, 4) is 28.6 Å². The van der Waals surface area contributed by atoms with Gasteiger partial charge in [-0.2, -0.15) is 0 Å². The average Bonchev–Trinajstić information content (AvgIpc) is 3.26. The number of hydrogen-bond acceptors (Lipinski definition) is 6. The van der Waals surface area contributed by atoms with Crippen molar-refractivity contribution in [2.75, 3.05) is 13.7 Å². The smallest absolute Gasteiger partial charge is 0.197 e. The first-order chi connectivity index (χ1) is 12.9. The molecule has 0 radical (unpaired) electrons. The highest BCUT2D eigenvalue weighted by Crippen LogP contribution is 2.37. The van der Waals surface area contributed by atoms with Crippen LogP contribution in [-0.2, 0) is 4.74 Å². The largest absolute Gasteiger partial charge is 0.508 e. The van der Waals surface area contributed by atoms with Gasteiger partial charge in [0, 0.05) is 23.8 Å². The summed E-state index contributed by atoms with van der Waals surface area (Å²) in [6.07, 6.45) is 0.0366. The summed E-state index contributed by atoms with van der Waals surface area (Å²) in [5.41, 5.74) is 0.676. The van der Waals surface area contributed by atoms with E-state index in [1.165, 1.54) is 25.3 Å². The van der Waals surface area contributed by atoms with E-state index in [1.54, 1.807) is 24.3 Å². The SMILES string of the molecule is COc1cc(OCC2OC2(C)C)cc2oc(-c3ccc(O)cc3)cc(=O)c12. The Morgan fingerprint density at radius 1 is 1.15 bits per heavy atom. The van der Waals surface area contributed by atoms with Gasteiger partial charge in [-0.15, -0.1) is 0 Å². The van der Waals surface area contributed by atoms with Crippen molar-refractivity contribution in [3.05, 3.63) is 52.7 Å². The number of fused-ring (bicyclic) bond motifs is 1. The molecule has 0 bridgehead atoms. The molecule has 0 aliphatic carbocycles. The molecule has 140 valence electrons. The zero-order chi connectivity index (χ0) is 19.2. The molecular weight excluding hydrogens is 348 g/mol. The molecule has 0 saturated carbocycles. The molecule has 27 heavy (non-hydrogen) atoms. The molecule has 4 rings (SSSR count). The van der Waals surface area contributed by atoms with Crippen LogP contribution in [-0.4, -0.2) is 30.5 Å². The van der Waals surface area contributed by atoms with E-state index in [-0.39, 0.29) is 22.9 Å². The van der Waals surface area contributed by atoms with E-state index in [4.69, 9.17) is 18.6 Å². The van der Waals surface area contributed by atoms with Crippen LogP contribution in [0.15, 0.2) is 51.7 Å². The number of phenols is 1. The lowest BCUT2D eigenvalue weighted by molar-refractivity contribution is 0.253. The summed E-state index contributed by atoms with van der Waals surface area (Å²) < 4.78 is 22.7. The Hall–Kier alpha value is -2.99. The van der Waals surface area contributed by atoms with Crippen molar-refractivity contribution in [2.45, 2.75) is 25.6 Å². The topological polar surface area (TPSA) is 81.4 Å². The molecule has 1 saturated heterocycles. The third-order valence-electron chi connectivity index (χ3n) is 4.71. The van der Waals surface area contributed by atoms with E-state index in [1.807, 2.05) is 13.8 Å². The molecule has 2 heterocycles. The summed E-state index contributed by atoms with van der Waals surface area (Å²) in [5, 5.41) is 9.80. The molecule has 0 spiro atoms. The predicted octanol–water partition coefficient (Wildman–Crippen LogP) is 3.73. The summed E-state index contributed by atoms with van der Waals surface area (Å²) in [6.45, 7) is 4.42. The third-order valence-corrected chi connectivity index (χ3v) is 4.71. The highest BCUT2D eigenvalue weighted by Gasteiger charge is 2.48. The quantitative estimate of drug-likeness (QED) is 0.691. The Bertz CT molecular complexity index is 1050. The molecule has 1 N–H and O–H groups in total. The van der Waals surface area contributed by atoms with Crippen LogP contribution >= 0.6 is 0 Å². The number of hydrogen-bond donors (Lipinski definition) is 1. The molecule has 1 atom stereocenters. The molecule has 3 aromatic rings. The average molecular weight is 368 g/mol. The summed E-state index contributed by atoms with van der Waals surface area (Å²) in [4.78, 5) is 12.6. The van der Waals surface area contributed by atoms with Crippen LogP contribution in [0.1, 0.15) is 13.8 Å². The second kappa shape index (κ2) is 6.32. The molecular formula is C21H20O6. The lowest BCUT2D eigenvalue weighted by atomic mass is 10.1. The maximum absolute atomic E-state index is 12.6. The summed E-state index contributed by atoms with van der Waals surface area (Å²) in [7, 11) is 1.50. The number of epoxide rings is 1. The van der Waals surface area contributed by atoms with Crippen LogP contribution in [0.4, 0.5) is 0 Å². The molecule has 1 aliphatic heterocycles. The van der Waals surface area contributed by atoms with Crippen molar-refractivity contribution in [2.24, 2.45) is 0 Å². The first-order valence-corrected chi connectivity index (χ1v) is 8.63. The molecule has 6 nitrogen and oxygen atoms in total. The van der Waals surface area contributed by atoms with E-state index in [0.29, 0.717) is 40.4 Å². The van der Waals surface area contributed by atoms with Gasteiger partial charge < -0.3 is 23.7 Å². The first kappa shape index (κ1) is 17.4. The van der Waals surface area contributed by atoms with Crippen molar-refractivity contribution in [1.82, 2.24) is 0 Å². The minimum atomic E-state index is -0.214. The van der Waals surface area contributed by atoms with Crippen LogP contribution in [0.5, 0.6) is 17.2 Å². The predicted molar refractivity (Wildman–Crippen MR) is 101 cm³/mol. The Labute approximate surface area is 155 Å². The van der Waals surface area contributed by atoms with Gasteiger partial charge in [-0.1, -0.05) is 0 Å². The van der Waals surface area contributed by atoms with E-state index >= 15 is 0 Å². The number of phenolic OH excluding ortho intramolecular Hbond substituents is 1. The molecule has 1 aromatic heterocycles. The Kier molecular flexibility index (Phi) is 4.08. The second-order valence-corrected chi connectivity index (χ2v) is 7.04. The number of benzene rings is 2. The highest BCUT2D eigenvalue weighted by molar-refractivity contribution is 5.86. The maximum Gasteiger partial charge on any atom is 0.197 e. The Balaban J connectivity index is 1.74. The van der Waals surface area contributed by atoms with Crippen molar-refractivity contribution in [1.29, 1.82) is 0 Å². The maximum atomic E-state index is 12.6. The fourth-order valence-corrected chi connectivity index (χ4v) is 2.98. The Morgan fingerprint density at radius 2 is 1.85 bits per heavy atom. The van der Waals surface area contributed by atoms with Gasteiger partial charge in [0.15, 0.2) is 5.43 Å². The van der Waals surface area contributed by atoms with Gasteiger partial charge in [-0.25, -0.2) is 0 Å². The van der Waals surface area contributed by atoms with E-state index in [2.05, 4.69) is 0 Å². The fraction of sp³-hybridized carbons (Fsp3) is 0.286. The third kappa shape index (κ3) is 3.36. The normalized spacial score (nSPS) is 17.7. The lowest BCUT2D eigenvalue weighted by Gasteiger charge is -2.11. The van der Waals surface area contributed by atoms with Crippen LogP contribution in [0, 0.1) is 0 Å². The number of rotatable bonds is 5. The highest BCUT2D eigenvalue weighted by atomic mass is 16.6. The molecule has 1 fully saturated rings. The zero-order valence-electron chi connectivity index (χ0n) is 15.3. The molecule has 1 aliphatic rings. The summed E-state index contributed by atoms with van der Waals surface area (Å²) >= 11 is 0. The molecule has 6 heteroatoms. The second-order valence-electron chi connectivity index (χ2n) is 7.04. The molecule has 0 amide bonds. The first-order valence-electron chi connectivity index (χ1n) is 8.63. The lowest BCUT2D eigenvalue weighted by Crippen LogP contribution is -2.12. The zero-order valence-corrected chi connectivity index (χ0v) is 15.3. The van der Waals surface area contributed by atoms with Gasteiger partial charge in [0.1, 0.15) is 46.7 Å². The van der Waals surface area contributed by atoms with Crippen LogP contribution in [0.25, 0.3) is 22.3 Å². The standard InChI is InChI=1S/C21H20O6/c1-21(2)19(27-21)11-25-14-8-17(24-3)20-15(23)10-16(26-18(20)9-14)12-4-6-13(22)7-5-12/h4-10,19,22H,11H2,1-3H3. The molecule has 1 unspecified atom stereocenters. The summed E-state index contributed by atoms with van der Waals surface area (Å²) in [6, 6.07) is 11.2. The van der Waals surface area contributed by atoms with Crippen molar-refractivity contribution < 1.29 is 23.7 Å². The van der Waals surface area contributed by atoms with Gasteiger partial charge in [0.2, 0.25) is 0 Å². The van der Waals surface area contributed by atoms with Gasteiger partial charge in [-0.05, 0) is 38.1 Å². The monoisotopic (exact) mass is 368 g/mol. The van der Waals surface area contributed by atoms with Gasteiger partial charge in [0.05, 0.1) is 12.7 Å². The van der Waals surface area contributed by atoms with Gasteiger partial charge >= 0.3 is 0 Å². The van der Waals surface area contributed by atoms with Crippen LogP contribution in [0.2, 0.25) is 0 Å². The van der Waals surface area contributed by atoms with Gasteiger partial charge in [-0.3, -0.25) is 4.79 Å². The summed E-state index contributed by atoms with van der Waals surface area (Å²) in [5.74, 6) is 1.48. The van der Waals surface area contributed by atoms with E-state index < -0.39 is 0 Å². The van der Waals surface area contributed by atoms with Crippen molar-refractivity contribution >= 4 is 11.0 Å². The fourth-order valence-electron chi connectivity index (χ4n) is 2.98. The number of aromatic hydroxyl groups is 1. The van der Waals surface area contributed by atoms with E-state index in [0.717, 1.165) is 0 Å². The van der Waals surface area contributed by atoms with Crippen LogP contribution in [0.3, 0.4) is 0 Å². The number of methoxy groups -OCH3 is 1. The minimum absolute atomic E-state index is 0.0366. The molecule has 2 aromatic carbocycles.